The first-order valence-corrected chi connectivity index (χ1v) is 12.1. The Hall–Kier alpha value is -3.31. The molecule has 5 aromatic rings. The molecule has 33 heavy (non-hydrogen) atoms. The number of hydrogen-bond donors (Lipinski definition) is 0. The van der Waals surface area contributed by atoms with E-state index in [1.54, 1.807) is 0 Å². The SMILES string of the molecule is c1ccc(C2CC(c3ccccc3)OC3(O2)c2c(sc4ccccc24)-c2cccc[n+]23)cc1. The fourth-order valence-electron chi connectivity index (χ4n) is 5.22. The van der Waals surface area contributed by atoms with Crippen molar-refractivity contribution in [3.05, 3.63) is 126 Å². The first kappa shape index (κ1) is 19.2. The van der Waals surface area contributed by atoms with Crippen molar-refractivity contribution < 1.29 is 14.0 Å². The van der Waals surface area contributed by atoms with Crippen LogP contribution in [0.3, 0.4) is 0 Å². The van der Waals surface area contributed by atoms with Crippen LogP contribution in [-0.4, -0.2) is 0 Å². The van der Waals surface area contributed by atoms with Crippen LogP contribution in [0.15, 0.2) is 109 Å². The van der Waals surface area contributed by atoms with Crippen molar-refractivity contribution in [2.45, 2.75) is 24.5 Å². The van der Waals surface area contributed by atoms with Gasteiger partial charge < -0.3 is 0 Å². The maximum atomic E-state index is 7.04. The number of ether oxygens (including phenoxy) is 2. The number of aromatic nitrogens is 1. The first-order valence-electron chi connectivity index (χ1n) is 11.3. The Morgan fingerprint density at radius 2 is 1.30 bits per heavy atom. The third-order valence-corrected chi connectivity index (χ3v) is 7.89. The Kier molecular flexibility index (Phi) is 4.28. The summed E-state index contributed by atoms with van der Waals surface area (Å²) in [7, 11) is 0. The van der Waals surface area contributed by atoms with Crippen molar-refractivity contribution >= 4 is 21.4 Å². The maximum Gasteiger partial charge on any atom is 0.423 e. The second-order valence-electron chi connectivity index (χ2n) is 8.61. The van der Waals surface area contributed by atoms with Gasteiger partial charge in [-0.1, -0.05) is 78.9 Å². The van der Waals surface area contributed by atoms with Gasteiger partial charge in [0.25, 0.3) is 0 Å². The molecule has 4 heterocycles. The Morgan fingerprint density at radius 1 is 0.697 bits per heavy atom. The fraction of sp³-hybridized carbons (Fsp3) is 0.138. The van der Waals surface area contributed by atoms with Crippen molar-refractivity contribution in [1.82, 2.24) is 0 Å². The minimum absolute atomic E-state index is 0.102. The second kappa shape index (κ2) is 7.35. The first-order chi connectivity index (χ1) is 16.3. The lowest BCUT2D eigenvalue weighted by atomic mass is 9.96. The maximum absolute atomic E-state index is 7.04. The Labute approximate surface area is 196 Å². The van der Waals surface area contributed by atoms with Crippen LogP contribution in [0, 0.1) is 0 Å². The average Bonchev–Trinajstić information content (AvgIpc) is 3.40. The lowest BCUT2D eigenvalue weighted by molar-refractivity contribution is -0.842. The molecule has 2 aromatic heterocycles. The summed E-state index contributed by atoms with van der Waals surface area (Å²) < 4.78 is 17.5. The Bertz CT molecular complexity index is 1410. The zero-order valence-corrected chi connectivity index (χ0v) is 18.7. The van der Waals surface area contributed by atoms with E-state index in [1.807, 2.05) is 11.3 Å². The molecule has 0 aliphatic carbocycles. The highest BCUT2D eigenvalue weighted by molar-refractivity contribution is 7.22. The molecule has 0 radical (unpaired) electrons. The van der Waals surface area contributed by atoms with Crippen molar-refractivity contribution in [1.29, 1.82) is 0 Å². The van der Waals surface area contributed by atoms with E-state index in [4.69, 9.17) is 9.47 Å². The minimum atomic E-state index is -1.02. The molecule has 0 N–H and O–H groups in total. The molecule has 1 spiro atoms. The zero-order chi connectivity index (χ0) is 21.8. The zero-order valence-electron chi connectivity index (χ0n) is 17.9. The van der Waals surface area contributed by atoms with E-state index in [2.05, 4.69) is 114 Å². The van der Waals surface area contributed by atoms with Gasteiger partial charge in [-0.15, -0.1) is 15.9 Å². The Morgan fingerprint density at radius 3 is 2.00 bits per heavy atom. The van der Waals surface area contributed by atoms with Crippen LogP contribution >= 0.6 is 11.3 Å². The largest absolute Gasteiger partial charge is 0.423 e. The van der Waals surface area contributed by atoms with Crippen LogP contribution in [0.25, 0.3) is 20.7 Å². The second-order valence-corrected chi connectivity index (χ2v) is 9.66. The highest BCUT2D eigenvalue weighted by Crippen LogP contribution is 2.54. The highest BCUT2D eigenvalue weighted by atomic mass is 32.1. The summed E-state index contributed by atoms with van der Waals surface area (Å²) in [4.78, 5) is 1.22. The smallest absolute Gasteiger partial charge is 0.282 e. The normalized spacial score (nSPS) is 23.5. The molecule has 0 bridgehead atoms. The molecule has 1 saturated heterocycles. The number of rotatable bonds is 2. The molecule has 7 rings (SSSR count). The van der Waals surface area contributed by atoms with Crippen LogP contribution in [0.5, 0.6) is 0 Å². The summed E-state index contributed by atoms with van der Waals surface area (Å²) in [6.07, 6.45) is 2.65. The van der Waals surface area contributed by atoms with Crippen molar-refractivity contribution in [3.8, 4) is 10.6 Å². The van der Waals surface area contributed by atoms with Gasteiger partial charge in [0.05, 0.1) is 12.2 Å². The lowest BCUT2D eigenvalue weighted by Gasteiger charge is -2.39. The molecule has 3 aromatic carbocycles. The van der Waals surface area contributed by atoms with Gasteiger partial charge >= 0.3 is 5.91 Å². The monoisotopic (exact) mass is 448 g/mol. The summed E-state index contributed by atoms with van der Waals surface area (Å²) in [5.41, 5.74) is 4.60. The van der Waals surface area contributed by atoms with Crippen LogP contribution in [0.1, 0.15) is 35.3 Å². The number of thiophene rings is 1. The van der Waals surface area contributed by atoms with Gasteiger partial charge in [0.15, 0.2) is 6.20 Å². The van der Waals surface area contributed by atoms with E-state index in [0.717, 1.165) is 17.7 Å². The fourth-order valence-corrected chi connectivity index (χ4v) is 6.48. The lowest BCUT2D eigenvalue weighted by Crippen LogP contribution is -2.60. The molecule has 2 aliphatic heterocycles. The van der Waals surface area contributed by atoms with Gasteiger partial charge in [-0.3, -0.25) is 9.47 Å². The molecular formula is C29H22NO2S+. The van der Waals surface area contributed by atoms with Gasteiger partial charge in [0.2, 0.25) is 5.69 Å². The van der Waals surface area contributed by atoms with Gasteiger partial charge in [-0.25, -0.2) is 0 Å². The molecule has 160 valence electrons. The van der Waals surface area contributed by atoms with Crippen LogP contribution in [0.2, 0.25) is 0 Å². The van der Waals surface area contributed by atoms with Crippen molar-refractivity contribution in [2.24, 2.45) is 0 Å². The summed E-state index contributed by atoms with van der Waals surface area (Å²) in [5, 5.41) is 1.20. The summed E-state index contributed by atoms with van der Waals surface area (Å²) in [6, 6.07) is 35.9. The summed E-state index contributed by atoms with van der Waals surface area (Å²) in [6.45, 7) is 0. The molecule has 4 heteroatoms. The van der Waals surface area contributed by atoms with E-state index in [1.165, 1.54) is 26.1 Å². The quantitative estimate of drug-likeness (QED) is 0.279. The molecule has 2 atom stereocenters. The number of benzene rings is 3. The number of hydrogen-bond acceptors (Lipinski definition) is 3. The van der Waals surface area contributed by atoms with E-state index in [-0.39, 0.29) is 12.2 Å². The van der Waals surface area contributed by atoms with Crippen molar-refractivity contribution in [2.75, 3.05) is 0 Å². The topological polar surface area (TPSA) is 22.3 Å². The van der Waals surface area contributed by atoms with Crippen LogP contribution < -0.4 is 4.57 Å². The molecule has 1 fully saturated rings. The molecule has 2 aliphatic rings. The standard InChI is InChI=1S/C29H22NO2S/c1-3-11-20(12-4-1)24-19-25(21-13-5-2-6-14-21)32-29(31-24)27-22-15-7-8-17-26(22)33-28(27)23-16-9-10-18-30(23)29/h1-18,24-25H,19H2/q+1. The van der Waals surface area contributed by atoms with E-state index >= 15 is 0 Å². The van der Waals surface area contributed by atoms with Gasteiger partial charge in [-0.2, -0.15) is 0 Å². The predicted molar refractivity (Wildman–Crippen MR) is 130 cm³/mol. The highest BCUT2D eigenvalue weighted by Gasteiger charge is 2.61. The van der Waals surface area contributed by atoms with E-state index in [0.29, 0.717) is 0 Å². The molecule has 3 nitrogen and oxygen atoms in total. The number of pyridine rings is 1. The summed E-state index contributed by atoms with van der Waals surface area (Å²) in [5.74, 6) is -1.02. The minimum Gasteiger partial charge on any atom is -0.282 e. The average molecular weight is 449 g/mol. The predicted octanol–water partition coefficient (Wildman–Crippen LogP) is 6.75. The number of fused-ring (bicyclic) bond motifs is 7. The number of nitrogens with zero attached hydrogens (tertiary/aromatic N) is 1. The third-order valence-electron chi connectivity index (χ3n) is 6.70. The van der Waals surface area contributed by atoms with E-state index in [9.17, 15) is 0 Å². The summed E-state index contributed by atoms with van der Waals surface area (Å²) >= 11 is 1.81. The molecular weight excluding hydrogens is 426 g/mol. The van der Waals surface area contributed by atoms with Gasteiger partial charge in [-0.05, 0) is 23.3 Å². The molecule has 0 saturated carbocycles. The van der Waals surface area contributed by atoms with E-state index < -0.39 is 5.91 Å². The van der Waals surface area contributed by atoms with Crippen LogP contribution in [0.4, 0.5) is 0 Å². The Balaban J connectivity index is 1.49. The molecule has 2 unspecified atom stereocenters. The van der Waals surface area contributed by atoms with Gasteiger partial charge in [0.1, 0.15) is 10.4 Å². The molecule has 0 amide bonds. The van der Waals surface area contributed by atoms with Crippen LogP contribution in [-0.2, 0) is 15.4 Å². The third kappa shape index (κ3) is 2.85. The van der Waals surface area contributed by atoms with Gasteiger partial charge in [0, 0.05) is 28.6 Å². The van der Waals surface area contributed by atoms with Crippen molar-refractivity contribution in [3.63, 3.8) is 0 Å².